The van der Waals surface area contributed by atoms with Crippen LogP contribution in [0.15, 0.2) is 30.6 Å². The van der Waals surface area contributed by atoms with Crippen LogP contribution in [-0.2, 0) is 28.8 Å². The smallest absolute Gasteiger partial charge is 0.407 e. The Morgan fingerprint density at radius 2 is 1.78 bits per heavy atom. The molecule has 0 radical (unpaired) electrons. The summed E-state index contributed by atoms with van der Waals surface area (Å²) in [5.74, 6) is -0.770. The number of nitrogens with one attached hydrogen (secondary N) is 1. The van der Waals surface area contributed by atoms with Gasteiger partial charge in [-0.25, -0.2) is 9.78 Å². The van der Waals surface area contributed by atoms with Gasteiger partial charge < -0.3 is 19.7 Å². The number of nitrogens with zero attached hydrogens (tertiary/aromatic N) is 2. The SMILES string of the molecule is CCCCCCC[C@@](CCCNC(=O)OC(C)(C)C)(Cc1ncn2c1CCc1ccccc1-2)C(=O)O. The van der Waals surface area contributed by atoms with Gasteiger partial charge in [0.25, 0.3) is 0 Å². The lowest BCUT2D eigenvalue weighted by molar-refractivity contribution is -0.150. The van der Waals surface area contributed by atoms with Crippen molar-refractivity contribution in [3.05, 3.63) is 47.5 Å². The van der Waals surface area contributed by atoms with Crippen LogP contribution in [0, 0.1) is 5.41 Å². The molecule has 2 heterocycles. The van der Waals surface area contributed by atoms with E-state index >= 15 is 0 Å². The standard InChI is InChI=1S/C29H43N3O4/c1-5-6-7-8-11-17-29(26(33)34,18-12-19-30-27(35)36-28(2,3)4)20-23-25-16-15-22-13-9-10-14-24(22)32(25)21-31-23/h9-10,13-14,21H,5-8,11-12,15-20H2,1-4H3,(H,30,35)(H,33,34)/t29-/m1/s1. The van der Waals surface area contributed by atoms with Crippen molar-refractivity contribution in [2.45, 2.75) is 104 Å². The van der Waals surface area contributed by atoms with E-state index in [1.807, 2.05) is 33.2 Å². The highest BCUT2D eigenvalue weighted by Gasteiger charge is 2.39. The van der Waals surface area contributed by atoms with Gasteiger partial charge in [0.15, 0.2) is 0 Å². The molecular weight excluding hydrogens is 454 g/mol. The fourth-order valence-corrected chi connectivity index (χ4v) is 5.15. The first kappa shape index (κ1) is 27.8. The molecule has 1 amide bonds. The van der Waals surface area contributed by atoms with Crippen LogP contribution >= 0.6 is 0 Å². The van der Waals surface area contributed by atoms with E-state index in [1.165, 1.54) is 12.0 Å². The number of carbonyl (C=O) groups is 2. The molecule has 2 N–H and O–H groups in total. The van der Waals surface area contributed by atoms with Crippen LogP contribution in [0.4, 0.5) is 4.79 Å². The lowest BCUT2D eigenvalue weighted by Crippen LogP contribution is -2.36. The molecule has 0 saturated carbocycles. The van der Waals surface area contributed by atoms with Crippen LogP contribution in [0.2, 0.25) is 0 Å². The van der Waals surface area contributed by atoms with Gasteiger partial charge >= 0.3 is 12.1 Å². The van der Waals surface area contributed by atoms with E-state index < -0.39 is 23.1 Å². The van der Waals surface area contributed by atoms with Gasteiger partial charge in [0, 0.05) is 24.3 Å². The van der Waals surface area contributed by atoms with Crippen LogP contribution in [-0.4, -0.2) is 38.9 Å². The number of ether oxygens (including phenoxy) is 1. The minimum atomic E-state index is -0.908. The highest BCUT2D eigenvalue weighted by Crippen LogP contribution is 2.37. The summed E-state index contributed by atoms with van der Waals surface area (Å²) in [5, 5.41) is 13.3. The van der Waals surface area contributed by atoms with Gasteiger partial charge in [-0.2, -0.15) is 0 Å². The van der Waals surface area contributed by atoms with Crippen molar-refractivity contribution < 1.29 is 19.4 Å². The number of carboxylic acids is 1. The van der Waals surface area contributed by atoms with E-state index in [0.717, 1.165) is 55.6 Å². The highest BCUT2D eigenvalue weighted by molar-refractivity contribution is 5.75. The number of benzene rings is 1. The Labute approximate surface area is 215 Å². The largest absolute Gasteiger partial charge is 0.481 e. The summed E-state index contributed by atoms with van der Waals surface area (Å²) in [5.41, 5.74) is 2.97. The highest BCUT2D eigenvalue weighted by atomic mass is 16.6. The van der Waals surface area contributed by atoms with Gasteiger partial charge in [0.1, 0.15) is 5.60 Å². The number of fused-ring (bicyclic) bond motifs is 3. The van der Waals surface area contributed by atoms with Gasteiger partial charge in [0.2, 0.25) is 0 Å². The molecule has 0 unspecified atom stereocenters. The van der Waals surface area contributed by atoms with Crippen LogP contribution < -0.4 is 5.32 Å². The Morgan fingerprint density at radius 1 is 1.06 bits per heavy atom. The topological polar surface area (TPSA) is 93.5 Å². The average molecular weight is 498 g/mol. The maximum atomic E-state index is 12.8. The molecular formula is C29H43N3O4. The van der Waals surface area contributed by atoms with Crippen molar-refractivity contribution in [1.29, 1.82) is 0 Å². The monoisotopic (exact) mass is 497 g/mol. The Balaban J connectivity index is 1.74. The van der Waals surface area contributed by atoms with E-state index in [2.05, 4.69) is 35.0 Å². The van der Waals surface area contributed by atoms with E-state index in [0.29, 0.717) is 32.2 Å². The number of alkyl carbamates (subject to hydrolysis) is 1. The zero-order valence-electron chi connectivity index (χ0n) is 22.4. The number of hydrogen-bond acceptors (Lipinski definition) is 4. The molecule has 7 nitrogen and oxygen atoms in total. The summed E-state index contributed by atoms with van der Waals surface area (Å²) < 4.78 is 7.45. The molecule has 1 aromatic carbocycles. The molecule has 0 spiro atoms. The lowest BCUT2D eigenvalue weighted by Gasteiger charge is -2.30. The predicted molar refractivity (Wildman–Crippen MR) is 142 cm³/mol. The summed E-state index contributed by atoms with van der Waals surface area (Å²) in [7, 11) is 0. The van der Waals surface area contributed by atoms with E-state index in [-0.39, 0.29) is 0 Å². The molecule has 36 heavy (non-hydrogen) atoms. The number of rotatable bonds is 13. The molecule has 3 rings (SSSR count). The van der Waals surface area contributed by atoms with Crippen molar-refractivity contribution in [3.63, 3.8) is 0 Å². The molecule has 2 aromatic rings. The van der Waals surface area contributed by atoms with Crippen molar-refractivity contribution in [2.24, 2.45) is 5.41 Å². The summed E-state index contributed by atoms with van der Waals surface area (Å²) in [4.78, 5) is 29.6. The number of para-hydroxylation sites is 1. The molecule has 198 valence electrons. The van der Waals surface area contributed by atoms with Crippen molar-refractivity contribution in [2.75, 3.05) is 6.54 Å². The summed E-state index contributed by atoms with van der Waals surface area (Å²) in [6, 6.07) is 8.33. The number of carboxylic acid groups (broad SMARTS) is 1. The van der Waals surface area contributed by atoms with Gasteiger partial charge in [-0.1, -0.05) is 57.2 Å². The number of aryl methyl sites for hydroxylation is 1. The maximum absolute atomic E-state index is 12.8. The van der Waals surface area contributed by atoms with Crippen molar-refractivity contribution in [1.82, 2.24) is 14.9 Å². The minimum Gasteiger partial charge on any atom is -0.481 e. The summed E-state index contributed by atoms with van der Waals surface area (Å²) in [6.07, 6.45) is 10.6. The van der Waals surface area contributed by atoms with Crippen LogP contribution in [0.3, 0.4) is 0 Å². The molecule has 0 saturated heterocycles. The first-order chi connectivity index (χ1) is 17.1. The molecule has 7 heteroatoms. The predicted octanol–water partition coefficient (Wildman–Crippen LogP) is 6.25. The molecule has 0 bridgehead atoms. The average Bonchev–Trinajstić information content (AvgIpc) is 3.23. The van der Waals surface area contributed by atoms with Gasteiger partial charge in [0.05, 0.1) is 17.4 Å². The van der Waals surface area contributed by atoms with Crippen molar-refractivity contribution >= 4 is 12.1 Å². The Hall–Kier alpha value is -2.83. The number of aliphatic carboxylic acids is 1. The zero-order valence-corrected chi connectivity index (χ0v) is 22.4. The number of unbranched alkanes of at least 4 members (excludes halogenated alkanes) is 4. The van der Waals surface area contributed by atoms with Crippen molar-refractivity contribution in [3.8, 4) is 5.69 Å². The van der Waals surface area contributed by atoms with E-state index in [9.17, 15) is 14.7 Å². The number of amides is 1. The van der Waals surface area contributed by atoms with Crippen LogP contribution in [0.1, 0.15) is 96.0 Å². The molecule has 1 aromatic heterocycles. The summed E-state index contributed by atoms with van der Waals surface area (Å²) >= 11 is 0. The minimum absolute atomic E-state index is 0.383. The fraction of sp³-hybridized carbons (Fsp3) is 0.621. The number of imidazole rings is 1. The summed E-state index contributed by atoms with van der Waals surface area (Å²) in [6.45, 7) is 8.04. The number of hydrogen-bond donors (Lipinski definition) is 2. The lowest BCUT2D eigenvalue weighted by atomic mass is 9.74. The van der Waals surface area contributed by atoms with Gasteiger partial charge in [-0.15, -0.1) is 0 Å². The molecule has 0 fully saturated rings. The normalized spacial score (nSPS) is 14.4. The number of carbonyl (C=O) groups excluding carboxylic acids is 1. The quantitative estimate of drug-likeness (QED) is 0.319. The molecule has 1 atom stereocenters. The second-order valence-electron chi connectivity index (χ2n) is 11.1. The maximum Gasteiger partial charge on any atom is 0.407 e. The fourth-order valence-electron chi connectivity index (χ4n) is 5.15. The third-order valence-electron chi connectivity index (χ3n) is 7.05. The molecule has 0 aliphatic carbocycles. The second kappa shape index (κ2) is 12.4. The molecule has 1 aliphatic rings. The Bertz CT molecular complexity index is 1020. The third-order valence-corrected chi connectivity index (χ3v) is 7.05. The Kier molecular flexibility index (Phi) is 9.57. The zero-order chi connectivity index (χ0) is 26.2. The van der Waals surface area contributed by atoms with Crippen LogP contribution in [0.5, 0.6) is 0 Å². The third kappa shape index (κ3) is 7.34. The van der Waals surface area contributed by atoms with E-state index in [1.54, 1.807) is 0 Å². The first-order valence-electron chi connectivity index (χ1n) is 13.5. The second-order valence-corrected chi connectivity index (χ2v) is 11.1. The van der Waals surface area contributed by atoms with E-state index in [4.69, 9.17) is 9.72 Å². The number of aromatic nitrogens is 2. The molecule has 1 aliphatic heterocycles. The van der Waals surface area contributed by atoms with Gasteiger partial charge in [-0.05, 0) is 64.5 Å². The Morgan fingerprint density at radius 3 is 2.50 bits per heavy atom. The van der Waals surface area contributed by atoms with Gasteiger partial charge in [-0.3, -0.25) is 4.79 Å². The van der Waals surface area contributed by atoms with Crippen LogP contribution in [0.25, 0.3) is 5.69 Å². The first-order valence-corrected chi connectivity index (χ1v) is 13.5.